The Morgan fingerprint density at radius 3 is 2.50 bits per heavy atom. The number of aryl methyl sites for hydroxylation is 1. The molecule has 5 heteroatoms. The lowest BCUT2D eigenvalue weighted by Gasteiger charge is -2.10. The van der Waals surface area contributed by atoms with Crippen LogP contribution in [0.3, 0.4) is 0 Å². The van der Waals surface area contributed by atoms with Gasteiger partial charge in [-0.25, -0.2) is 8.78 Å². The highest BCUT2D eigenvalue weighted by atomic mass is 19.3. The second-order valence-corrected chi connectivity index (χ2v) is 2.96. The summed E-state index contributed by atoms with van der Waals surface area (Å²) in [5.74, 6) is -0.844. The Morgan fingerprint density at radius 1 is 1.50 bits per heavy atom. The van der Waals surface area contributed by atoms with Crippen molar-refractivity contribution in [1.82, 2.24) is 4.98 Å². The van der Waals surface area contributed by atoms with Crippen molar-refractivity contribution in [3.05, 3.63) is 28.6 Å². The average molecular weight is 200 g/mol. The molecule has 1 amide bonds. The molecule has 2 N–H and O–H groups in total. The molecule has 14 heavy (non-hydrogen) atoms. The predicted molar refractivity (Wildman–Crippen MR) is 47.2 cm³/mol. The number of alkyl halides is 2. The number of amides is 1. The molecule has 3 nitrogen and oxygen atoms in total. The van der Waals surface area contributed by atoms with Crippen molar-refractivity contribution < 1.29 is 13.6 Å². The molecule has 0 saturated carbocycles. The fourth-order valence-corrected chi connectivity index (χ4v) is 1.22. The van der Waals surface area contributed by atoms with E-state index in [1.54, 1.807) is 13.8 Å². The molecule has 0 aliphatic heterocycles. The van der Waals surface area contributed by atoms with Gasteiger partial charge in [0.1, 0.15) is 0 Å². The van der Waals surface area contributed by atoms with Gasteiger partial charge in [0.25, 0.3) is 6.43 Å². The van der Waals surface area contributed by atoms with Crippen LogP contribution in [0.5, 0.6) is 0 Å². The maximum Gasteiger partial charge on any atom is 0.266 e. The zero-order valence-electron chi connectivity index (χ0n) is 7.84. The van der Waals surface area contributed by atoms with E-state index in [9.17, 15) is 13.6 Å². The van der Waals surface area contributed by atoms with Gasteiger partial charge < -0.3 is 5.73 Å². The number of nitrogens with two attached hydrogens (primary N) is 1. The van der Waals surface area contributed by atoms with E-state index in [-0.39, 0.29) is 5.56 Å². The Bertz CT molecular complexity index is 377. The first-order valence-electron chi connectivity index (χ1n) is 3.99. The number of hydrogen-bond acceptors (Lipinski definition) is 2. The predicted octanol–water partition coefficient (Wildman–Crippen LogP) is 1.73. The van der Waals surface area contributed by atoms with E-state index in [0.717, 1.165) is 6.20 Å². The van der Waals surface area contributed by atoms with Gasteiger partial charge in [0.2, 0.25) is 5.91 Å². The first-order chi connectivity index (χ1) is 6.45. The Labute approximate surface area is 79.9 Å². The highest BCUT2D eigenvalue weighted by Gasteiger charge is 2.20. The summed E-state index contributed by atoms with van der Waals surface area (Å²) >= 11 is 0. The summed E-state index contributed by atoms with van der Waals surface area (Å²) < 4.78 is 24.9. The van der Waals surface area contributed by atoms with Crippen molar-refractivity contribution in [2.24, 2.45) is 5.73 Å². The number of carbonyl (C=O) groups is 1. The molecule has 1 rings (SSSR count). The molecule has 0 aliphatic carbocycles. The van der Waals surface area contributed by atoms with Gasteiger partial charge in [0.15, 0.2) is 0 Å². The van der Waals surface area contributed by atoms with Gasteiger partial charge in [0, 0.05) is 17.5 Å². The van der Waals surface area contributed by atoms with Crippen molar-refractivity contribution >= 4 is 5.91 Å². The first kappa shape index (κ1) is 10.6. The quantitative estimate of drug-likeness (QED) is 0.790. The van der Waals surface area contributed by atoms with Gasteiger partial charge in [-0.15, -0.1) is 0 Å². The minimum absolute atomic E-state index is 0.118. The normalized spacial score (nSPS) is 10.6. The SMILES string of the molecule is Cc1ncc(C(F)F)c(C(N)=O)c1C. The topological polar surface area (TPSA) is 56.0 Å². The number of aromatic nitrogens is 1. The van der Waals surface area contributed by atoms with Crippen LogP contribution < -0.4 is 5.73 Å². The zero-order valence-corrected chi connectivity index (χ0v) is 7.84. The van der Waals surface area contributed by atoms with Crippen molar-refractivity contribution in [3.8, 4) is 0 Å². The van der Waals surface area contributed by atoms with E-state index in [2.05, 4.69) is 4.98 Å². The maximum absolute atomic E-state index is 12.5. The van der Waals surface area contributed by atoms with Crippen LogP contribution in [0.15, 0.2) is 6.20 Å². The van der Waals surface area contributed by atoms with E-state index < -0.39 is 17.9 Å². The average Bonchev–Trinajstić information content (AvgIpc) is 2.08. The zero-order chi connectivity index (χ0) is 10.9. The van der Waals surface area contributed by atoms with E-state index >= 15 is 0 Å². The van der Waals surface area contributed by atoms with Gasteiger partial charge in [-0.3, -0.25) is 9.78 Å². The van der Waals surface area contributed by atoms with Crippen LogP contribution >= 0.6 is 0 Å². The van der Waals surface area contributed by atoms with Crippen molar-refractivity contribution in [1.29, 1.82) is 0 Å². The molecule has 0 unspecified atom stereocenters. The summed E-state index contributed by atoms with van der Waals surface area (Å²) in [5.41, 5.74) is 5.44. The van der Waals surface area contributed by atoms with E-state index in [1.807, 2.05) is 0 Å². The second-order valence-electron chi connectivity index (χ2n) is 2.96. The van der Waals surface area contributed by atoms with Crippen LogP contribution in [0.4, 0.5) is 8.78 Å². The highest BCUT2D eigenvalue weighted by molar-refractivity contribution is 5.96. The van der Waals surface area contributed by atoms with Gasteiger partial charge >= 0.3 is 0 Å². The number of hydrogen-bond donors (Lipinski definition) is 1. The van der Waals surface area contributed by atoms with Crippen molar-refractivity contribution in [2.75, 3.05) is 0 Å². The number of carbonyl (C=O) groups excluding carboxylic acids is 1. The fourth-order valence-electron chi connectivity index (χ4n) is 1.22. The summed E-state index contributed by atoms with van der Waals surface area (Å²) in [5, 5.41) is 0. The molecule has 0 bridgehead atoms. The largest absolute Gasteiger partial charge is 0.366 e. The summed E-state index contributed by atoms with van der Waals surface area (Å²) in [6, 6.07) is 0. The van der Waals surface area contributed by atoms with Crippen LogP contribution in [0, 0.1) is 13.8 Å². The number of nitrogens with zero attached hydrogens (tertiary/aromatic N) is 1. The first-order valence-corrected chi connectivity index (χ1v) is 3.99. The molecule has 0 aliphatic rings. The third-order valence-electron chi connectivity index (χ3n) is 2.09. The van der Waals surface area contributed by atoms with E-state index in [1.165, 1.54) is 0 Å². The fraction of sp³-hybridized carbons (Fsp3) is 0.333. The van der Waals surface area contributed by atoms with Crippen LogP contribution in [0.2, 0.25) is 0 Å². The minimum atomic E-state index is -2.73. The van der Waals surface area contributed by atoms with Crippen LogP contribution in [-0.4, -0.2) is 10.9 Å². The molecule has 0 aromatic carbocycles. The van der Waals surface area contributed by atoms with E-state index in [4.69, 9.17) is 5.73 Å². The van der Waals surface area contributed by atoms with Crippen LogP contribution in [0.1, 0.15) is 33.6 Å². The molecule has 1 aromatic rings. The molecular weight excluding hydrogens is 190 g/mol. The van der Waals surface area contributed by atoms with Crippen LogP contribution in [0.25, 0.3) is 0 Å². The third kappa shape index (κ3) is 1.71. The number of halogens is 2. The lowest BCUT2D eigenvalue weighted by atomic mass is 10.0. The van der Waals surface area contributed by atoms with Gasteiger partial charge in [-0.1, -0.05) is 0 Å². The van der Waals surface area contributed by atoms with Crippen molar-refractivity contribution in [2.45, 2.75) is 20.3 Å². The molecule has 0 saturated heterocycles. The Balaban J connectivity index is 3.45. The number of rotatable bonds is 2. The van der Waals surface area contributed by atoms with Gasteiger partial charge in [-0.2, -0.15) is 0 Å². The summed E-state index contributed by atoms with van der Waals surface area (Å²) in [6.07, 6.45) is -1.74. The number of primary amides is 1. The molecule has 1 heterocycles. The Morgan fingerprint density at radius 2 is 2.07 bits per heavy atom. The smallest absolute Gasteiger partial charge is 0.266 e. The standard InChI is InChI=1S/C9H10F2N2O/c1-4-5(2)13-3-6(8(10)11)7(4)9(12)14/h3,8H,1-2H3,(H2,12,14). The Hall–Kier alpha value is -1.52. The van der Waals surface area contributed by atoms with Gasteiger partial charge in [-0.05, 0) is 19.4 Å². The molecule has 0 radical (unpaired) electrons. The second kappa shape index (κ2) is 3.69. The summed E-state index contributed by atoms with van der Waals surface area (Å²) in [4.78, 5) is 14.7. The minimum Gasteiger partial charge on any atom is -0.366 e. The monoisotopic (exact) mass is 200 g/mol. The van der Waals surface area contributed by atoms with Crippen LogP contribution in [-0.2, 0) is 0 Å². The molecule has 0 atom stereocenters. The molecule has 76 valence electrons. The van der Waals surface area contributed by atoms with E-state index in [0.29, 0.717) is 11.3 Å². The third-order valence-corrected chi connectivity index (χ3v) is 2.09. The summed E-state index contributed by atoms with van der Waals surface area (Å²) in [7, 11) is 0. The van der Waals surface area contributed by atoms with Crippen molar-refractivity contribution in [3.63, 3.8) is 0 Å². The lowest BCUT2D eigenvalue weighted by molar-refractivity contribution is 0.0985. The maximum atomic E-state index is 12.5. The Kier molecular flexibility index (Phi) is 2.78. The highest BCUT2D eigenvalue weighted by Crippen LogP contribution is 2.25. The molecule has 1 aromatic heterocycles. The number of pyridine rings is 1. The molecule has 0 spiro atoms. The summed E-state index contributed by atoms with van der Waals surface area (Å²) in [6.45, 7) is 3.19. The van der Waals surface area contributed by atoms with Gasteiger partial charge in [0.05, 0.1) is 5.56 Å². The molecule has 0 fully saturated rings. The lowest BCUT2D eigenvalue weighted by Crippen LogP contribution is -2.17. The molecular formula is C9H10F2N2O.